The van der Waals surface area contributed by atoms with Gasteiger partial charge in [0, 0.05) is 0 Å². The summed E-state index contributed by atoms with van der Waals surface area (Å²) in [5.41, 5.74) is -0.779. The van der Waals surface area contributed by atoms with Crippen molar-refractivity contribution >= 4 is 6.08 Å². The molecule has 0 saturated heterocycles. The lowest BCUT2D eigenvalue weighted by Crippen LogP contribution is -2.34. The first-order chi connectivity index (χ1) is 6.12. The Morgan fingerprint density at radius 2 is 1.92 bits per heavy atom. The average Bonchev–Trinajstić information content (AvgIpc) is 2.03. The Labute approximate surface area is 78.5 Å². The number of carbonyl (C=O) groups excluding carboxylic acids is 1. The molecule has 0 aromatic carbocycles. The van der Waals surface area contributed by atoms with Crippen molar-refractivity contribution in [3.8, 4) is 6.07 Å². The smallest absolute Gasteiger partial charge is 0.211 e. The Bertz CT molecular complexity index is 263. The number of aliphatic imine (C=N–C) groups is 1. The molecule has 2 unspecified atom stereocenters. The summed E-state index contributed by atoms with van der Waals surface area (Å²) in [5.74, 6) is 0.945. The van der Waals surface area contributed by atoms with Crippen LogP contribution < -0.4 is 0 Å². The summed E-state index contributed by atoms with van der Waals surface area (Å²) in [6.45, 7) is 4.20. The molecule has 0 spiro atoms. The third-order valence-electron chi connectivity index (χ3n) is 2.64. The zero-order valence-electron chi connectivity index (χ0n) is 8.08. The van der Waals surface area contributed by atoms with Gasteiger partial charge in [0.05, 0.1) is 6.07 Å². The zero-order valence-corrected chi connectivity index (χ0v) is 8.08. The van der Waals surface area contributed by atoms with Crippen molar-refractivity contribution in [3.05, 3.63) is 0 Å². The van der Waals surface area contributed by atoms with Crippen LogP contribution in [0.4, 0.5) is 0 Å². The minimum atomic E-state index is -0.779. The fourth-order valence-corrected chi connectivity index (χ4v) is 2.38. The molecule has 70 valence electrons. The first-order valence-electron chi connectivity index (χ1n) is 4.62. The van der Waals surface area contributed by atoms with Crippen molar-refractivity contribution in [2.75, 3.05) is 0 Å². The lowest BCUT2D eigenvalue weighted by Gasteiger charge is -2.33. The highest BCUT2D eigenvalue weighted by Gasteiger charge is 2.38. The third kappa shape index (κ3) is 2.17. The molecule has 0 aromatic rings. The van der Waals surface area contributed by atoms with Crippen LogP contribution >= 0.6 is 0 Å². The zero-order chi connectivity index (χ0) is 9.90. The van der Waals surface area contributed by atoms with Crippen LogP contribution in [0, 0.1) is 23.2 Å². The lowest BCUT2D eigenvalue weighted by atomic mass is 9.73. The second-order valence-electron chi connectivity index (χ2n) is 4.20. The van der Waals surface area contributed by atoms with Crippen LogP contribution in [0.3, 0.4) is 0 Å². The molecule has 0 N–H and O–H groups in total. The van der Waals surface area contributed by atoms with Crippen LogP contribution in [-0.4, -0.2) is 11.6 Å². The minimum absolute atomic E-state index is 0.473. The lowest BCUT2D eigenvalue weighted by molar-refractivity contribution is 0.227. The standard InChI is InChI=1S/C10H14N2O/c1-8-3-9(2)5-10(4-8,6-11)12-7-13/h8-9H,3-5H2,1-2H3. The molecule has 0 amide bonds. The molecule has 1 aliphatic rings. The van der Waals surface area contributed by atoms with Crippen molar-refractivity contribution in [1.29, 1.82) is 5.26 Å². The van der Waals surface area contributed by atoms with E-state index in [0.29, 0.717) is 24.7 Å². The van der Waals surface area contributed by atoms with Gasteiger partial charge in [-0.3, -0.25) is 0 Å². The SMILES string of the molecule is CC1CC(C)CC(C#N)(N=C=O)C1. The molecule has 3 nitrogen and oxygen atoms in total. The molecule has 1 fully saturated rings. The fraction of sp³-hybridized carbons (Fsp3) is 0.800. The number of hydrogen-bond donors (Lipinski definition) is 0. The van der Waals surface area contributed by atoms with E-state index in [1.807, 2.05) is 0 Å². The quantitative estimate of drug-likeness (QED) is 0.455. The van der Waals surface area contributed by atoms with E-state index in [9.17, 15) is 4.79 Å². The molecule has 1 rings (SSSR count). The predicted molar refractivity (Wildman–Crippen MR) is 48.6 cm³/mol. The van der Waals surface area contributed by atoms with E-state index in [2.05, 4.69) is 24.9 Å². The van der Waals surface area contributed by atoms with Crippen LogP contribution in [0.25, 0.3) is 0 Å². The molecule has 2 atom stereocenters. The summed E-state index contributed by atoms with van der Waals surface area (Å²) in [7, 11) is 0. The first-order valence-corrected chi connectivity index (χ1v) is 4.62. The molecular weight excluding hydrogens is 164 g/mol. The Balaban J connectivity index is 2.87. The summed E-state index contributed by atoms with van der Waals surface area (Å²) in [6.07, 6.45) is 4.04. The van der Waals surface area contributed by atoms with Crippen molar-refractivity contribution in [3.63, 3.8) is 0 Å². The van der Waals surface area contributed by atoms with E-state index < -0.39 is 5.54 Å². The summed E-state index contributed by atoms with van der Waals surface area (Å²) < 4.78 is 0. The molecule has 3 heteroatoms. The molecule has 1 aliphatic carbocycles. The fourth-order valence-electron chi connectivity index (χ4n) is 2.38. The molecular formula is C10H14N2O. The molecule has 0 aliphatic heterocycles. The Morgan fingerprint density at radius 3 is 2.31 bits per heavy atom. The van der Waals surface area contributed by atoms with Crippen molar-refractivity contribution in [2.24, 2.45) is 16.8 Å². The maximum atomic E-state index is 10.2. The highest BCUT2D eigenvalue weighted by molar-refractivity contribution is 5.37. The van der Waals surface area contributed by atoms with E-state index in [-0.39, 0.29) is 0 Å². The molecule has 0 aromatic heterocycles. The van der Waals surface area contributed by atoms with Gasteiger partial charge >= 0.3 is 0 Å². The predicted octanol–water partition coefficient (Wildman–Crippen LogP) is 2.04. The maximum Gasteiger partial charge on any atom is 0.236 e. The third-order valence-corrected chi connectivity index (χ3v) is 2.64. The van der Waals surface area contributed by atoms with Gasteiger partial charge in [-0.25, -0.2) is 4.79 Å². The van der Waals surface area contributed by atoms with E-state index in [0.717, 1.165) is 6.42 Å². The van der Waals surface area contributed by atoms with Gasteiger partial charge in [-0.2, -0.15) is 10.3 Å². The second-order valence-corrected chi connectivity index (χ2v) is 4.20. The number of hydrogen-bond acceptors (Lipinski definition) is 3. The number of nitriles is 1. The first kappa shape index (κ1) is 9.95. The summed E-state index contributed by atoms with van der Waals surface area (Å²) in [4.78, 5) is 13.9. The van der Waals surface area contributed by atoms with E-state index >= 15 is 0 Å². The van der Waals surface area contributed by atoms with Gasteiger partial charge in [-0.1, -0.05) is 13.8 Å². The van der Waals surface area contributed by atoms with Gasteiger partial charge in [-0.15, -0.1) is 0 Å². The van der Waals surface area contributed by atoms with Crippen LogP contribution in [0.2, 0.25) is 0 Å². The largest absolute Gasteiger partial charge is 0.236 e. The summed E-state index contributed by atoms with van der Waals surface area (Å²) >= 11 is 0. The van der Waals surface area contributed by atoms with E-state index in [1.165, 1.54) is 6.08 Å². The molecule has 0 radical (unpaired) electrons. The summed E-state index contributed by atoms with van der Waals surface area (Å²) in [6, 6.07) is 2.15. The van der Waals surface area contributed by atoms with Gasteiger partial charge in [0.1, 0.15) is 0 Å². The van der Waals surface area contributed by atoms with Gasteiger partial charge in [0.15, 0.2) is 5.54 Å². The molecule has 1 saturated carbocycles. The molecule has 13 heavy (non-hydrogen) atoms. The highest BCUT2D eigenvalue weighted by atomic mass is 16.1. The minimum Gasteiger partial charge on any atom is -0.211 e. The van der Waals surface area contributed by atoms with Crippen LogP contribution in [-0.2, 0) is 4.79 Å². The number of rotatable bonds is 1. The van der Waals surface area contributed by atoms with Gasteiger partial charge in [-0.05, 0) is 31.1 Å². The Hall–Kier alpha value is -1.13. The van der Waals surface area contributed by atoms with Gasteiger partial charge in [0.2, 0.25) is 6.08 Å². The van der Waals surface area contributed by atoms with Gasteiger partial charge < -0.3 is 0 Å². The van der Waals surface area contributed by atoms with Crippen molar-refractivity contribution in [1.82, 2.24) is 0 Å². The monoisotopic (exact) mass is 178 g/mol. The topological polar surface area (TPSA) is 53.2 Å². The summed E-state index contributed by atoms with van der Waals surface area (Å²) in [5, 5.41) is 8.99. The van der Waals surface area contributed by atoms with E-state index in [4.69, 9.17) is 5.26 Å². The van der Waals surface area contributed by atoms with Gasteiger partial charge in [0.25, 0.3) is 0 Å². The Kier molecular flexibility index (Phi) is 2.85. The number of nitrogens with zero attached hydrogens (tertiary/aromatic N) is 2. The van der Waals surface area contributed by atoms with Crippen LogP contribution in [0.15, 0.2) is 4.99 Å². The highest BCUT2D eigenvalue weighted by Crippen LogP contribution is 2.37. The second kappa shape index (κ2) is 3.72. The average molecular weight is 178 g/mol. The van der Waals surface area contributed by atoms with Crippen molar-refractivity contribution in [2.45, 2.75) is 38.6 Å². The van der Waals surface area contributed by atoms with Crippen molar-refractivity contribution < 1.29 is 4.79 Å². The van der Waals surface area contributed by atoms with E-state index in [1.54, 1.807) is 0 Å². The Morgan fingerprint density at radius 1 is 1.38 bits per heavy atom. The molecule has 0 heterocycles. The van der Waals surface area contributed by atoms with Crippen LogP contribution in [0.1, 0.15) is 33.1 Å². The number of isocyanates is 1. The maximum absolute atomic E-state index is 10.2. The normalized spacial score (nSPS) is 38.8. The van der Waals surface area contributed by atoms with Crippen LogP contribution in [0.5, 0.6) is 0 Å². The molecule has 0 bridgehead atoms.